The fourth-order valence-corrected chi connectivity index (χ4v) is 3.12. The van der Waals surface area contributed by atoms with Crippen LogP contribution in [-0.4, -0.2) is 53.1 Å². The largest absolute Gasteiger partial charge is 0.391 e. The number of hydrogen-bond acceptors (Lipinski definition) is 5. The van der Waals surface area contributed by atoms with Gasteiger partial charge in [-0.15, -0.1) is 0 Å². The lowest BCUT2D eigenvalue weighted by atomic mass is 10.1. The van der Waals surface area contributed by atoms with Crippen LogP contribution in [0.15, 0.2) is 18.2 Å². The third kappa shape index (κ3) is 2.76. The number of aliphatic hydroxyl groups excluding tert-OH is 1. The average Bonchev–Trinajstić information content (AvgIpc) is 3.17. The molecular formula is C15H19N3O4. The highest BCUT2D eigenvalue weighted by molar-refractivity contribution is 5.99. The van der Waals surface area contributed by atoms with Crippen LogP contribution in [0.5, 0.6) is 0 Å². The first-order valence-corrected chi connectivity index (χ1v) is 7.57. The first-order chi connectivity index (χ1) is 10.6. The number of rotatable bonds is 3. The highest BCUT2D eigenvalue weighted by Crippen LogP contribution is 2.29. The second-order valence-corrected chi connectivity index (χ2v) is 5.85. The fourth-order valence-electron chi connectivity index (χ4n) is 3.12. The van der Waals surface area contributed by atoms with Gasteiger partial charge in [0.05, 0.1) is 11.0 Å². The molecule has 0 unspecified atom stereocenters. The number of nitro groups is 1. The lowest BCUT2D eigenvalue weighted by Gasteiger charge is -2.20. The Morgan fingerprint density at radius 3 is 2.59 bits per heavy atom. The molecule has 2 aliphatic heterocycles. The third-order valence-electron chi connectivity index (χ3n) is 4.33. The number of nitrogens with zero attached hydrogens (tertiary/aromatic N) is 3. The number of β-amino-alcohol motifs (C(OH)–C–C–N with tert-alkyl or cyclic N) is 1. The molecule has 2 saturated heterocycles. The van der Waals surface area contributed by atoms with Crippen molar-refractivity contribution >= 4 is 17.3 Å². The SMILES string of the molecule is O=C(c1cc(N2CC[C@@H](O)C2)ccc1[N+](=O)[O-])N1CCCC1. The number of carbonyl (C=O) groups excluding carboxylic acids is 1. The van der Waals surface area contributed by atoms with Crippen molar-refractivity contribution in [2.24, 2.45) is 0 Å². The Balaban J connectivity index is 1.93. The van der Waals surface area contributed by atoms with Gasteiger partial charge in [-0.05, 0) is 31.4 Å². The molecule has 22 heavy (non-hydrogen) atoms. The van der Waals surface area contributed by atoms with Crippen molar-refractivity contribution in [3.63, 3.8) is 0 Å². The minimum absolute atomic E-state index is 0.144. The van der Waals surface area contributed by atoms with Gasteiger partial charge in [-0.2, -0.15) is 0 Å². The van der Waals surface area contributed by atoms with Crippen molar-refractivity contribution in [1.29, 1.82) is 0 Å². The van der Waals surface area contributed by atoms with Crippen LogP contribution in [0.1, 0.15) is 29.6 Å². The van der Waals surface area contributed by atoms with Gasteiger partial charge < -0.3 is 14.9 Å². The highest BCUT2D eigenvalue weighted by atomic mass is 16.6. The van der Waals surface area contributed by atoms with Crippen molar-refractivity contribution in [2.75, 3.05) is 31.1 Å². The van der Waals surface area contributed by atoms with E-state index < -0.39 is 4.92 Å². The Hall–Kier alpha value is -2.15. The van der Waals surface area contributed by atoms with E-state index in [4.69, 9.17) is 0 Å². The van der Waals surface area contributed by atoms with Gasteiger partial charge in [0.2, 0.25) is 0 Å². The van der Waals surface area contributed by atoms with E-state index >= 15 is 0 Å². The standard InChI is InChI=1S/C15H19N3O4/c19-12-5-8-17(10-12)11-3-4-14(18(21)22)13(9-11)15(20)16-6-1-2-7-16/h3-4,9,12,19H,1-2,5-8,10H2/t12-/m1/s1. The predicted octanol–water partition coefficient (Wildman–Crippen LogP) is 1.40. The molecule has 0 aromatic heterocycles. The number of likely N-dealkylation sites (tertiary alicyclic amines) is 1. The summed E-state index contributed by atoms with van der Waals surface area (Å²) >= 11 is 0. The van der Waals surface area contributed by atoms with Gasteiger partial charge in [-0.1, -0.05) is 0 Å². The monoisotopic (exact) mass is 305 g/mol. The first-order valence-electron chi connectivity index (χ1n) is 7.57. The Bertz CT molecular complexity index is 598. The molecule has 118 valence electrons. The molecule has 2 aliphatic rings. The van der Waals surface area contributed by atoms with Crippen molar-refractivity contribution < 1.29 is 14.8 Å². The van der Waals surface area contributed by atoms with Crippen molar-refractivity contribution in [1.82, 2.24) is 4.90 Å². The summed E-state index contributed by atoms with van der Waals surface area (Å²) in [4.78, 5) is 26.9. The summed E-state index contributed by atoms with van der Waals surface area (Å²) in [5, 5.41) is 20.8. The summed E-state index contributed by atoms with van der Waals surface area (Å²) in [7, 11) is 0. The zero-order valence-electron chi connectivity index (χ0n) is 12.3. The Labute approximate surface area is 128 Å². The van der Waals surface area contributed by atoms with E-state index in [9.17, 15) is 20.0 Å². The van der Waals surface area contributed by atoms with Gasteiger partial charge in [0, 0.05) is 37.9 Å². The molecule has 0 spiro atoms. The molecule has 0 aliphatic carbocycles. The van der Waals surface area contributed by atoms with E-state index in [1.807, 2.05) is 4.90 Å². The van der Waals surface area contributed by atoms with Crippen LogP contribution in [0, 0.1) is 10.1 Å². The van der Waals surface area contributed by atoms with Crippen LogP contribution < -0.4 is 4.90 Å². The maximum Gasteiger partial charge on any atom is 0.282 e. The number of anilines is 1. The number of benzene rings is 1. The molecule has 2 fully saturated rings. The Morgan fingerprint density at radius 2 is 2.00 bits per heavy atom. The molecule has 0 bridgehead atoms. The molecule has 1 N–H and O–H groups in total. The Kier molecular flexibility index (Phi) is 3.98. The molecule has 0 saturated carbocycles. The number of nitro benzene ring substituents is 1. The smallest absolute Gasteiger partial charge is 0.282 e. The summed E-state index contributed by atoms with van der Waals surface area (Å²) in [5.74, 6) is -0.272. The Morgan fingerprint density at radius 1 is 1.27 bits per heavy atom. The molecule has 0 radical (unpaired) electrons. The summed E-state index contributed by atoms with van der Waals surface area (Å²) in [6.07, 6.45) is 2.18. The van der Waals surface area contributed by atoms with E-state index in [-0.39, 0.29) is 23.3 Å². The topological polar surface area (TPSA) is 86.9 Å². The lowest BCUT2D eigenvalue weighted by Crippen LogP contribution is -2.29. The minimum atomic E-state index is -0.508. The van der Waals surface area contributed by atoms with E-state index in [1.165, 1.54) is 6.07 Å². The summed E-state index contributed by atoms with van der Waals surface area (Å²) in [6, 6.07) is 4.64. The first kappa shape index (κ1) is 14.8. The third-order valence-corrected chi connectivity index (χ3v) is 4.33. The summed E-state index contributed by atoms with van der Waals surface area (Å²) in [5.41, 5.74) is 0.746. The van der Waals surface area contributed by atoms with Gasteiger partial charge in [0.15, 0.2) is 0 Å². The van der Waals surface area contributed by atoms with Crippen molar-refractivity contribution in [2.45, 2.75) is 25.4 Å². The maximum atomic E-state index is 12.6. The second-order valence-electron chi connectivity index (χ2n) is 5.85. The quantitative estimate of drug-likeness (QED) is 0.674. The zero-order valence-corrected chi connectivity index (χ0v) is 12.3. The number of carbonyl (C=O) groups is 1. The average molecular weight is 305 g/mol. The van der Waals surface area contributed by atoms with Crippen molar-refractivity contribution in [3.8, 4) is 0 Å². The molecule has 1 aromatic carbocycles. The van der Waals surface area contributed by atoms with E-state index in [0.29, 0.717) is 32.6 Å². The summed E-state index contributed by atoms with van der Waals surface area (Å²) in [6.45, 7) is 2.50. The van der Waals surface area contributed by atoms with Crippen LogP contribution in [0.3, 0.4) is 0 Å². The van der Waals surface area contributed by atoms with Gasteiger partial charge in [0.25, 0.3) is 11.6 Å². The molecule has 2 heterocycles. The highest BCUT2D eigenvalue weighted by Gasteiger charge is 2.29. The van der Waals surface area contributed by atoms with E-state index in [2.05, 4.69) is 0 Å². The second kappa shape index (κ2) is 5.92. The van der Waals surface area contributed by atoms with Gasteiger partial charge in [-0.3, -0.25) is 14.9 Å². The van der Waals surface area contributed by atoms with Crippen LogP contribution >= 0.6 is 0 Å². The summed E-state index contributed by atoms with van der Waals surface area (Å²) < 4.78 is 0. The van der Waals surface area contributed by atoms with Gasteiger partial charge in [0.1, 0.15) is 5.56 Å². The van der Waals surface area contributed by atoms with Gasteiger partial charge in [-0.25, -0.2) is 0 Å². The maximum absolute atomic E-state index is 12.6. The number of aliphatic hydroxyl groups is 1. The predicted molar refractivity (Wildman–Crippen MR) is 81.1 cm³/mol. The zero-order chi connectivity index (χ0) is 15.7. The lowest BCUT2D eigenvalue weighted by molar-refractivity contribution is -0.385. The molecule has 1 atom stereocenters. The minimum Gasteiger partial charge on any atom is -0.391 e. The van der Waals surface area contributed by atoms with Crippen LogP contribution in [0.2, 0.25) is 0 Å². The molecule has 1 aromatic rings. The van der Waals surface area contributed by atoms with Crippen LogP contribution in [0.25, 0.3) is 0 Å². The van der Waals surface area contributed by atoms with E-state index in [0.717, 1.165) is 18.5 Å². The molecule has 7 heteroatoms. The number of hydrogen-bond donors (Lipinski definition) is 1. The van der Waals surface area contributed by atoms with Crippen LogP contribution in [-0.2, 0) is 0 Å². The normalized spacial score (nSPS) is 21.4. The molecule has 7 nitrogen and oxygen atoms in total. The van der Waals surface area contributed by atoms with Gasteiger partial charge >= 0.3 is 0 Å². The van der Waals surface area contributed by atoms with Crippen molar-refractivity contribution in [3.05, 3.63) is 33.9 Å². The molecular weight excluding hydrogens is 286 g/mol. The van der Waals surface area contributed by atoms with Crippen LogP contribution in [0.4, 0.5) is 11.4 Å². The molecule has 3 rings (SSSR count). The molecule has 1 amide bonds. The number of amides is 1. The van der Waals surface area contributed by atoms with E-state index in [1.54, 1.807) is 17.0 Å². The fraction of sp³-hybridized carbons (Fsp3) is 0.533.